The van der Waals surface area contributed by atoms with Crippen LogP contribution < -0.4 is 24.8 Å². The molecule has 2 amide bonds. The Morgan fingerprint density at radius 1 is 0.694 bits per heavy atom. The highest BCUT2D eigenvalue weighted by Crippen LogP contribution is 2.54. The lowest BCUT2D eigenvalue weighted by atomic mass is 9.70. The Morgan fingerprint density at radius 2 is 1.24 bits per heavy atom. The topological polar surface area (TPSA) is 187 Å². The molecule has 4 aromatic rings. The summed E-state index contributed by atoms with van der Waals surface area (Å²) in [6, 6.07) is 17.4. The van der Waals surface area contributed by atoms with Gasteiger partial charge in [-0.15, -0.1) is 0 Å². The number of fused-ring (bicyclic) bond motifs is 1. The first-order valence-electron chi connectivity index (χ1n) is 15.5. The van der Waals surface area contributed by atoms with E-state index in [1.807, 2.05) is 0 Å². The molecule has 0 radical (unpaired) electrons. The van der Waals surface area contributed by atoms with E-state index in [4.69, 9.17) is 14.2 Å². The van der Waals surface area contributed by atoms with E-state index >= 15 is 0 Å². The lowest BCUT2D eigenvalue weighted by Gasteiger charge is -2.35. The first-order valence-corrected chi connectivity index (χ1v) is 15.5. The van der Waals surface area contributed by atoms with Crippen LogP contribution in [0.15, 0.2) is 72.3 Å². The van der Waals surface area contributed by atoms with Gasteiger partial charge in [-0.3, -0.25) is 9.59 Å². The second kappa shape index (κ2) is 14.8. The van der Waals surface area contributed by atoms with Crippen LogP contribution >= 0.6 is 0 Å². The first-order chi connectivity index (χ1) is 23.6. The zero-order chi connectivity index (χ0) is 35.2. The number of benzene rings is 4. The molecular formula is C37H38N2O10. The van der Waals surface area contributed by atoms with Gasteiger partial charge in [0.15, 0.2) is 23.0 Å². The van der Waals surface area contributed by atoms with E-state index in [2.05, 4.69) is 10.6 Å². The third-order valence-corrected chi connectivity index (χ3v) is 8.49. The fourth-order valence-electron chi connectivity index (χ4n) is 6.06. The molecule has 0 spiro atoms. The van der Waals surface area contributed by atoms with Gasteiger partial charge < -0.3 is 50.4 Å². The summed E-state index contributed by atoms with van der Waals surface area (Å²) in [6.45, 7) is 0.397. The Labute approximate surface area is 282 Å². The maximum atomic E-state index is 14.3. The van der Waals surface area contributed by atoms with Crippen molar-refractivity contribution in [1.82, 2.24) is 10.6 Å². The molecule has 1 aliphatic carbocycles. The molecule has 2 unspecified atom stereocenters. The van der Waals surface area contributed by atoms with Gasteiger partial charge in [0.05, 0.1) is 27.2 Å². The summed E-state index contributed by atoms with van der Waals surface area (Å²) in [7, 11) is 4.03. The molecule has 49 heavy (non-hydrogen) atoms. The summed E-state index contributed by atoms with van der Waals surface area (Å²) in [5.74, 6) is -4.46. The van der Waals surface area contributed by atoms with Crippen molar-refractivity contribution in [2.75, 3.05) is 34.4 Å². The SMILES string of the molecule is COc1cc(C2c3c(cc(OC)c(O)c3OC)C=C(C(=O)NCCc3ccc(O)cc3)C2C(=O)NCCc2ccc(O)cc2)cc(O)c1O. The summed E-state index contributed by atoms with van der Waals surface area (Å²) in [4.78, 5) is 28.4. The summed E-state index contributed by atoms with van der Waals surface area (Å²) in [5, 5.41) is 57.4. The molecule has 7 N–H and O–H groups in total. The van der Waals surface area contributed by atoms with Gasteiger partial charge in [0.25, 0.3) is 0 Å². The number of nitrogens with one attached hydrogen (secondary N) is 2. The predicted molar refractivity (Wildman–Crippen MR) is 180 cm³/mol. The van der Waals surface area contributed by atoms with Gasteiger partial charge in [0, 0.05) is 30.1 Å². The normalized spacial score (nSPS) is 15.0. The monoisotopic (exact) mass is 670 g/mol. The molecule has 0 saturated heterocycles. The van der Waals surface area contributed by atoms with Crippen LogP contribution in [0.3, 0.4) is 0 Å². The van der Waals surface area contributed by atoms with E-state index in [0.29, 0.717) is 24.0 Å². The largest absolute Gasteiger partial charge is 0.508 e. The molecule has 0 fully saturated rings. The summed E-state index contributed by atoms with van der Waals surface area (Å²) in [6.07, 6.45) is 2.42. The molecule has 0 aliphatic heterocycles. The summed E-state index contributed by atoms with van der Waals surface area (Å²) < 4.78 is 16.4. The highest BCUT2D eigenvalue weighted by molar-refractivity contribution is 6.06. The van der Waals surface area contributed by atoms with E-state index < -0.39 is 35.1 Å². The van der Waals surface area contributed by atoms with Gasteiger partial charge in [-0.1, -0.05) is 24.3 Å². The summed E-state index contributed by atoms with van der Waals surface area (Å²) in [5.41, 5.74) is 2.87. The number of rotatable bonds is 12. The van der Waals surface area contributed by atoms with Gasteiger partial charge in [0.1, 0.15) is 11.5 Å². The molecule has 12 nitrogen and oxygen atoms in total. The minimum Gasteiger partial charge on any atom is -0.508 e. The van der Waals surface area contributed by atoms with Gasteiger partial charge in [0.2, 0.25) is 23.3 Å². The van der Waals surface area contributed by atoms with Gasteiger partial charge in [-0.25, -0.2) is 0 Å². The summed E-state index contributed by atoms with van der Waals surface area (Å²) >= 11 is 0. The number of methoxy groups -OCH3 is 3. The Morgan fingerprint density at radius 3 is 1.80 bits per heavy atom. The number of phenols is 5. The number of hydrogen-bond donors (Lipinski definition) is 7. The van der Waals surface area contributed by atoms with Gasteiger partial charge in [-0.2, -0.15) is 0 Å². The third-order valence-electron chi connectivity index (χ3n) is 8.49. The van der Waals surface area contributed by atoms with Crippen LogP contribution in [0.5, 0.6) is 46.0 Å². The number of carbonyl (C=O) groups is 2. The lowest BCUT2D eigenvalue weighted by Crippen LogP contribution is -2.42. The standard InChI is InChI=1S/C37H38N2O10/c1-47-28-19-23(17-27(42)33(28)43)30-31-22(18-29(48-2)34(44)35(31)49-3)16-26(36(45)38-14-12-20-4-8-24(40)9-5-20)32(30)37(46)39-15-13-21-6-10-25(41)11-7-21/h4-11,16-19,30,32,40-44H,12-15H2,1-3H3,(H,38,45)(H,39,46). The van der Waals surface area contributed by atoms with Crippen LogP contribution in [0, 0.1) is 5.92 Å². The maximum Gasteiger partial charge on any atom is 0.248 e. The number of hydrogen-bond acceptors (Lipinski definition) is 10. The van der Waals surface area contributed by atoms with Crippen LogP contribution in [0.4, 0.5) is 0 Å². The first kappa shape index (κ1) is 34.3. The Balaban J connectivity index is 1.61. The fourth-order valence-corrected chi connectivity index (χ4v) is 6.06. The average molecular weight is 671 g/mol. The molecule has 1 aliphatic rings. The minimum atomic E-state index is -1.23. The smallest absolute Gasteiger partial charge is 0.248 e. The number of carbonyl (C=O) groups excluding carboxylic acids is 2. The van der Waals surface area contributed by atoms with Crippen molar-refractivity contribution in [3.63, 3.8) is 0 Å². The Hall–Kier alpha value is -6.04. The molecule has 12 heteroatoms. The molecule has 0 heterocycles. The third kappa shape index (κ3) is 7.28. The molecule has 256 valence electrons. The fraction of sp³-hybridized carbons (Fsp3) is 0.243. The Bertz CT molecular complexity index is 1870. The van der Waals surface area contributed by atoms with Crippen molar-refractivity contribution in [2.24, 2.45) is 5.92 Å². The number of ether oxygens (including phenoxy) is 3. The number of aromatic hydroxyl groups is 5. The van der Waals surface area contributed by atoms with Crippen LogP contribution in [-0.4, -0.2) is 71.8 Å². The number of phenolic OH excluding ortho intramolecular Hbond substituents is 5. The second-order valence-electron chi connectivity index (χ2n) is 11.5. The molecule has 0 saturated carbocycles. The molecule has 4 aromatic carbocycles. The van der Waals surface area contributed by atoms with Crippen LogP contribution in [-0.2, 0) is 22.4 Å². The molecule has 2 atom stereocenters. The van der Waals surface area contributed by atoms with E-state index in [0.717, 1.165) is 11.1 Å². The van der Waals surface area contributed by atoms with E-state index in [9.17, 15) is 35.1 Å². The number of amides is 2. The van der Waals surface area contributed by atoms with Crippen molar-refractivity contribution in [1.29, 1.82) is 0 Å². The molecule has 5 rings (SSSR count). The van der Waals surface area contributed by atoms with E-state index in [-0.39, 0.29) is 58.7 Å². The van der Waals surface area contributed by atoms with Crippen LogP contribution in [0.1, 0.15) is 33.7 Å². The Kier molecular flexibility index (Phi) is 10.4. The van der Waals surface area contributed by atoms with Crippen LogP contribution in [0.25, 0.3) is 6.08 Å². The zero-order valence-corrected chi connectivity index (χ0v) is 27.2. The van der Waals surface area contributed by atoms with Gasteiger partial charge in [-0.05, 0) is 83.6 Å². The lowest BCUT2D eigenvalue weighted by molar-refractivity contribution is -0.127. The molecular weight excluding hydrogens is 632 g/mol. The van der Waals surface area contributed by atoms with E-state index in [1.165, 1.54) is 39.5 Å². The highest BCUT2D eigenvalue weighted by atomic mass is 16.5. The zero-order valence-electron chi connectivity index (χ0n) is 27.2. The molecule has 0 bridgehead atoms. The quantitative estimate of drug-likeness (QED) is 0.108. The van der Waals surface area contributed by atoms with Crippen molar-refractivity contribution in [3.8, 4) is 46.0 Å². The van der Waals surface area contributed by atoms with Crippen LogP contribution in [0.2, 0.25) is 0 Å². The van der Waals surface area contributed by atoms with Crippen molar-refractivity contribution >= 4 is 17.9 Å². The molecule has 0 aromatic heterocycles. The minimum absolute atomic E-state index is 0.00388. The van der Waals surface area contributed by atoms with E-state index in [1.54, 1.807) is 54.6 Å². The highest BCUT2D eigenvalue weighted by Gasteiger charge is 2.43. The van der Waals surface area contributed by atoms with Crippen molar-refractivity contribution in [3.05, 3.63) is 100 Å². The maximum absolute atomic E-state index is 14.3. The average Bonchev–Trinajstić information content (AvgIpc) is 3.10. The predicted octanol–water partition coefficient (Wildman–Crippen LogP) is 4.10. The van der Waals surface area contributed by atoms with Crippen molar-refractivity contribution in [2.45, 2.75) is 18.8 Å². The second-order valence-corrected chi connectivity index (χ2v) is 11.5. The van der Waals surface area contributed by atoms with Gasteiger partial charge >= 0.3 is 0 Å². The van der Waals surface area contributed by atoms with Crippen molar-refractivity contribution < 1.29 is 49.3 Å².